The van der Waals surface area contributed by atoms with Gasteiger partial charge in [0, 0.05) is 12.0 Å². The molecule has 0 N–H and O–H groups in total. The van der Waals surface area contributed by atoms with Crippen molar-refractivity contribution in [2.75, 3.05) is 13.1 Å². The number of rotatable bonds is 51. The fraction of sp³-hybridized carbons (Fsp3) is 0.981. The smallest absolute Gasteiger partial charge is 0.550 e. The van der Waals surface area contributed by atoms with Gasteiger partial charge in [0.15, 0.2) is 0 Å². The van der Waals surface area contributed by atoms with Crippen LogP contribution in [0.3, 0.4) is 0 Å². The largest absolute Gasteiger partial charge is 1.00 e. The predicted octanol–water partition coefficient (Wildman–Crippen LogP) is 14.8. The molecule has 0 saturated carbocycles. The third-order valence-electron chi connectivity index (χ3n) is 13.2. The summed E-state index contributed by atoms with van der Waals surface area (Å²) in [5.74, 6) is -0.895. The molecule has 0 aromatic rings. The van der Waals surface area contributed by atoms with Gasteiger partial charge in [0.1, 0.15) is 0 Å². The van der Waals surface area contributed by atoms with E-state index in [1.54, 1.807) is 0 Å². The standard InChI is InChI=1S/C54H109NO2.Li/c1-4-6-8-10-12-14-16-18-20-22-24-26-28-30-32-34-36-38-40-42-44-46-51-55(53(3)49-48-50-54(56)57)52-47-45-43-41-39-37-35-33-31-29-27-25-23-21-19-17-15-13-11-9-7-5-2;/h53H,4-52H2,1-3H3,(H,56,57);/q;+1/p-1. The maximum Gasteiger partial charge on any atom is 1.00 e. The zero-order chi connectivity index (χ0) is 41.4. The molecule has 0 rings (SSSR count). The van der Waals surface area contributed by atoms with E-state index in [9.17, 15) is 9.90 Å². The minimum absolute atomic E-state index is 0. The molecule has 1 unspecified atom stereocenters. The average Bonchev–Trinajstić information content (AvgIpc) is 3.20. The molecule has 0 aromatic carbocycles. The van der Waals surface area contributed by atoms with Gasteiger partial charge in [-0.15, -0.1) is 0 Å². The molecule has 4 heteroatoms. The van der Waals surface area contributed by atoms with E-state index in [1.807, 2.05) is 0 Å². The van der Waals surface area contributed by atoms with Crippen LogP contribution in [-0.2, 0) is 4.79 Å². The Balaban J connectivity index is 0. The molecule has 0 heterocycles. The van der Waals surface area contributed by atoms with Crippen molar-refractivity contribution in [3.63, 3.8) is 0 Å². The summed E-state index contributed by atoms with van der Waals surface area (Å²) >= 11 is 0. The van der Waals surface area contributed by atoms with Crippen LogP contribution in [0.4, 0.5) is 0 Å². The Morgan fingerprint density at radius 3 is 0.724 bits per heavy atom. The monoisotopic (exact) mass is 810 g/mol. The number of carboxylic acid groups (broad SMARTS) is 1. The van der Waals surface area contributed by atoms with Gasteiger partial charge in [-0.3, -0.25) is 0 Å². The summed E-state index contributed by atoms with van der Waals surface area (Å²) in [5, 5.41) is 11.0. The molecule has 342 valence electrons. The van der Waals surface area contributed by atoms with Crippen LogP contribution in [-0.4, -0.2) is 30.0 Å². The van der Waals surface area contributed by atoms with E-state index in [0.29, 0.717) is 6.04 Å². The first-order chi connectivity index (χ1) is 28.1. The fourth-order valence-electron chi connectivity index (χ4n) is 9.12. The number of aliphatic carboxylic acids is 1. The number of hydrogen-bond donors (Lipinski definition) is 0. The van der Waals surface area contributed by atoms with Gasteiger partial charge in [-0.05, 0) is 52.1 Å². The van der Waals surface area contributed by atoms with E-state index >= 15 is 0 Å². The molecule has 0 aromatic heterocycles. The van der Waals surface area contributed by atoms with Crippen molar-refractivity contribution >= 4 is 5.97 Å². The van der Waals surface area contributed by atoms with Crippen LogP contribution in [0.25, 0.3) is 0 Å². The van der Waals surface area contributed by atoms with Crippen molar-refractivity contribution in [3.8, 4) is 0 Å². The second-order valence-electron chi connectivity index (χ2n) is 19.0. The zero-order valence-corrected chi connectivity index (χ0v) is 41.0. The Bertz CT molecular complexity index is 699. The topological polar surface area (TPSA) is 43.4 Å². The van der Waals surface area contributed by atoms with Gasteiger partial charge in [0.2, 0.25) is 0 Å². The number of carbonyl (C=O) groups excluding carboxylic acids is 1. The van der Waals surface area contributed by atoms with E-state index < -0.39 is 5.97 Å². The molecule has 1 atom stereocenters. The molecule has 0 aliphatic rings. The summed E-state index contributed by atoms with van der Waals surface area (Å²) in [6, 6.07) is 0.481. The third-order valence-corrected chi connectivity index (χ3v) is 13.2. The van der Waals surface area contributed by atoms with Crippen LogP contribution in [0.1, 0.15) is 323 Å². The maximum absolute atomic E-state index is 11.0. The van der Waals surface area contributed by atoms with Gasteiger partial charge < -0.3 is 14.8 Å². The Morgan fingerprint density at radius 2 is 0.534 bits per heavy atom. The summed E-state index contributed by atoms with van der Waals surface area (Å²) in [7, 11) is 0. The second-order valence-corrected chi connectivity index (χ2v) is 19.0. The normalized spacial score (nSPS) is 12.1. The minimum atomic E-state index is -0.895. The van der Waals surface area contributed by atoms with Crippen LogP contribution in [0, 0.1) is 0 Å². The summed E-state index contributed by atoms with van der Waals surface area (Å²) in [6.45, 7) is 9.30. The Morgan fingerprint density at radius 1 is 0.345 bits per heavy atom. The molecule has 0 fully saturated rings. The quantitative estimate of drug-likeness (QED) is 0.0454. The van der Waals surface area contributed by atoms with Crippen LogP contribution < -0.4 is 24.0 Å². The first kappa shape index (κ1) is 60.1. The van der Waals surface area contributed by atoms with E-state index in [2.05, 4.69) is 25.7 Å². The van der Waals surface area contributed by atoms with Crippen molar-refractivity contribution in [1.29, 1.82) is 0 Å². The molecule has 0 bridgehead atoms. The van der Waals surface area contributed by atoms with E-state index in [4.69, 9.17) is 0 Å². The SMILES string of the molecule is CCCCCCCCCCCCCCCCCCCCCCCCN(CCCCCCCCCCCCCCCCCCCCCCCC)C(C)CCCC(=O)[O-].[Li+]. The molecule has 0 aliphatic carbocycles. The van der Waals surface area contributed by atoms with Gasteiger partial charge in [0.05, 0.1) is 0 Å². The first-order valence-electron chi connectivity index (χ1n) is 27.1. The third kappa shape index (κ3) is 50.4. The van der Waals surface area contributed by atoms with Gasteiger partial charge in [0.25, 0.3) is 0 Å². The van der Waals surface area contributed by atoms with Crippen molar-refractivity contribution in [2.24, 2.45) is 0 Å². The van der Waals surface area contributed by atoms with E-state index in [-0.39, 0.29) is 25.3 Å². The van der Waals surface area contributed by atoms with Crippen molar-refractivity contribution in [1.82, 2.24) is 4.90 Å². The Hall–Kier alpha value is 0.0274. The zero-order valence-electron chi connectivity index (χ0n) is 41.0. The maximum atomic E-state index is 11.0. The molecule has 0 saturated heterocycles. The molecule has 0 amide bonds. The summed E-state index contributed by atoms with van der Waals surface area (Å²) in [4.78, 5) is 13.7. The number of hydrogen-bond acceptors (Lipinski definition) is 3. The molecule has 3 nitrogen and oxygen atoms in total. The minimum Gasteiger partial charge on any atom is -0.550 e. The van der Waals surface area contributed by atoms with E-state index in [0.717, 1.165) is 12.8 Å². The Kier molecular flexibility index (Phi) is 55.1. The number of carbonyl (C=O) groups is 1. The van der Waals surface area contributed by atoms with Crippen LogP contribution in [0.2, 0.25) is 0 Å². The van der Waals surface area contributed by atoms with Crippen molar-refractivity contribution in [2.45, 2.75) is 329 Å². The molecule has 58 heavy (non-hydrogen) atoms. The molecule has 0 aliphatic heterocycles. The Labute approximate surface area is 379 Å². The van der Waals surface area contributed by atoms with Gasteiger partial charge in [-0.1, -0.05) is 284 Å². The van der Waals surface area contributed by atoms with Crippen LogP contribution >= 0.6 is 0 Å². The van der Waals surface area contributed by atoms with E-state index in [1.165, 1.54) is 296 Å². The summed E-state index contributed by atoms with van der Waals surface area (Å²) in [6.07, 6.45) is 65.0. The summed E-state index contributed by atoms with van der Waals surface area (Å²) < 4.78 is 0. The van der Waals surface area contributed by atoms with Gasteiger partial charge in [-0.2, -0.15) is 0 Å². The van der Waals surface area contributed by atoms with Crippen molar-refractivity contribution < 1.29 is 28.8 Å². The van der Waals surface area contributed by atoms with Crippen LogP contribution in [0.15, 0.2) is 0 Å². The molecular formula is C54H108LiNO2. The molecule has 0 spiro atoms. The first-order valence-corrected chi connectivity index (χ1v) is 27.1. The van der Waals surface area contributed by atoms with Gasteiger partial charge >= 0.3 is 18.9 Å². The van der Waals surface area contributed by atoms with Crippen LogP contribution in [0.5, 0.6) is 0 Å². The summed E-state index contributed by atoms with van der Waals surface area (Å²) in [5.41, 5.74) is 0. The number of unbranched alkanes of at least 4 members (excludes halogenated alkanes) is 42. The number of nitrogens with zero attached hydrogens (tertiary/aromatic N) is 1. The fourth-order valence-corrected chi connectivity index (χ4v) is 9.12. The van der Waals surface area contributed by atoms with Gasteiger partial charge in [-0.25, -0.2) is 0 Å². The predicted molar refractivity (Wildman–Crippen MR) is 254 cm³/mol. The molecule has 0 radical (unpaired) electrons. The van der Waals surface area contributed by atoms with Crippen molar-refractivity contribution in [3.05, 3.63) is 0 Å². The second kappa shape index (κ2) is 53.2. The molecular weight excluding hydrogens is 702 g/mol. The number of carboxylic acids is 1. The average molecular weight is 810 g/mol.